The fraction of sp³-hybridized carbons (Fsp3) is 0.286. The highest BCUT2D eigenvalue weighted by atomic mass is 35.5. The van der Waals surface area contributed by atoms with Crippen LogP contribution < -0.4 is 5.73 Å². The number of nitrogens with zero attached hydrogens (tertiary/aromatic N) is 1. The fourth-order valence-electron chi connectivity index (χ4n) is 0.856. The molecule has 0 aliphatic carbocycles. The molecule has 1 atom stereocenters. The van der Waals surface area contributed by atoms with E-state index in [-0.39, 0.29) is 30.9 Å². The van der Waals surface area contributed by atoms with E-state index in [2.05, 4.69) is 4.98 Å². The molecular weight excluding hydrogens is 254 g/mol. The van der Waals surface area contributed by atoms with Crippen LogP contribution in [0.4, 0.5) is 0 Å². The highest BCUT2D eigenvalue weighted by molar-refractivity contribution is 6.35. The predicted molar refractivity (Wildman–Crippen MR) is 61.4 cm³/mol. The van der Waals surface area contributed by atoms with Gasteiger partial charge in [-0.2, -0.15) is 0 Å². The van der Waals surface area contributed by atoms with Crippen molar-refractivity contribution in [1.82, 2.24) is 4.98 Å². The third kappa shape index (κ3) is 3.88. The summed E-state index contributed by atoms with van der Waals surface area (Å²) in [5.74, 6) is 0. The topological polar surface area (TPSA) is 38.9 Å². The first-order valence-corrected chi connectivity index (χ1v) is 3.93. The molecule has 0 fully saturated rings. The van der Waals surface area contributed by atoms with Gasteiger partial charge < -0.3 is 5.73 Å². The van der Waals surface area contributed by atoms with E-state index < -0.39 is 0 Å². The van der Waals surface area contributed by atoms with Crippen LogP contribution in [0.25, 0.3) is 0 Å². The smallest absolute Gasteiger partial charge is 0.0651 e. The molecule has 1 heterocycles. The molecule has 0 amide bonds. The minimum Gasteiger partial charge on any atom is -0.324 e. The predicted octanol–water partition coefficient (Wildman–Crippen LogP) is 3.25. The second-order valence-corrected chi connectivity index (χ2v) is 3.12. The lowest BCUT2D eigenvalue weighted by Gasteiger charge is -2.08. The van der Waals surface area contributed by atoms with Crippen LogP contribution in [0.15, 0.2) is 12.4 Å². The summed E-state index contributed by atoms with van der Waals surface area (Å²) in [6.45, 7) is 1.83. The van der Waals surface area contributed by atoms with Crippen LogP contribution in [0.1, 0.15) is 18.5 Å². The van der Waals surface area contributed by atoms with Gasteiger partial charge in [-0.05, 0) is 6.92 Å². The van der Waals surface area contributed by atoms with Crippen molar-refractivity contribution < 1.29 is 0 Å². The standard InChI is InChI=1S/C7H8Cl2N2.2ClH/c1-4(10)7-5(8)2-11-3-6(7)9;;/h2-4H,10H2,1H3;2*1H/t4-;;/m1../s1. The molecule has 1 aromatic rings. The third-order valence-electron chi connectivity index (χ3n) is 1.35. The maximum absolute atomic E-state index is 5.80. The number of nitrogens with two attached hydrogens (primary N) is 1. The Morgan fingerprint density at radius 2 is 1.62 bits per heavy atom. The van der Waals surface area contributed by atoms with E-state index in [1.54, 1.807) is 0 Å². The van der Waals surface area contributed by atoms with Crippen LogP contribution in [0.3, 0.4) is 0 Å². The van der Waals surface area contributed by atoms with Gasteiger partial charge in [0.25, 0.3) is 0 Å². The van der Waals surface area contributed by atoms with Gasteiger partial charge in [0.15, 0.2) is 0 Å². The van der Waals surface area contributed by atoms with E-state index in [4.69, 9.17) is 28.9 Å². The Kier molecular flexibility index (Phi) is 8.09. The summed E-state index contributed by atoms with van der Waals surface area (Å²) < 4.78 is 0. The number of halogens is 4. The summed E-state index contributed by atoms with van der Waals surface area (Å²) >= 11 is 11.6. The van der Waals surface area contributed by atoms with E-state index in [0.29, 0.717) is 10.0 Å². The number of hydrogen-bond donors (Lipinski definition) is 1. The first-order chi connectivity index (χ1) is 5.13. The Labute approximate surface area is 99.6 Å². The zero-order valence-corrected chi connectivity index (χ0v) is 9.97. The molecule has 2 nitrogen and oxygen atoms in total. The largest absolute Gasteiger partial charge is 0.324 e. The first kappa shape index (κ1) is 15.7. The molecule has 0 saturated heterocycles. The van der Waals surface area contributed by atoms with E-state index in [1.165, 1.54) is 12.4 Å². The van der Waals surface area contributed by atoms with Crippen LogP contribution >= 0.6 is 48.0 Å². The molecule has 0 aromatic carbocycles. The summed E-state index contributed by atoms with van der Waals surface area (Å²) in [6.07, 6.45) is 3.07. The van der Waals surface area contributed by atoms with E-state index in [9.17, 15) is 0 Å². The van der Waals surface area contributed by atoms with Crippen LogP contribution in [0.5, 0.6) is 0 Å². The van der Waals surface area contributed by atoms with Gasteiger partial charge in [-0.1, -0.05) is 23.2 Å². The third-order valence-corrected chi connectivity index (χ3v) is 1.95. The summed E-state index contributed by atoms with van der Waals surface area (Å²) in [6, 6.07) is -0.155. The lowest BCUT2D eigenvalue weighted by Crippen LogP contribution is -2.06. The molecule has 13 heavy (non-hydrogen) atoms. The molecule has 0 radical (unpaired) electrons. The normalized spacial score (nSPS) is 11.1. The van der Waals surface area contributed by atoms with Gasteiger partial charge in [0.1, 0.15) is 0 Å². The van der Waals surface area contributed by atoms with Crippen molar-refractivity contribution in [1.29, 1.82) is 0 Å². The highest BCUT2D eigenvalue weighted by Crippen LogP contribution is 2.27. The Balaban J connectivity index is 0. The van der Waals surface area contributed by atoms with Gasteiger partial charge in [0.05, 0.1) is 10.0 Å². The molecule has 0 aliphatic rings. The summed E-state index contributed by atoms with van der Waals surface area (Å²) in [5.41, 5.74) is 6.37. The minimum absolute atomic E-state index is 0. The van der Waals surface area contributed by atoms with Gasteiger partial charge in [-0.15, -0.1) is 24.8 Å². The summed E-state index contributed by atoms with van der Waals surface area (Å²) in [4.78, 5) is 3.81. The van der Waals surface area contributed by atoms with Crippen molar-refractivity contribution in [2.75, 3.05) is 0 Å². The molecular formula is C7H10Cl4N2. The number of pyridine rings is 1. The van der Waals surface area contributed by atoms with Crippen molar-refractivity contribution >= 4 is 48.0 Å². The zero-order valence-electron chi connectivity index (χ0n) is 6.83. The Hall–Kier alpha value is 0.270. The zero-order chi connectivity index (χ0) is 8.43. The van der Waals surface area contributed by atoms with Crippen molar-refractivity contribution in [2.45, 2.75) is 13.0 Å². The molecule has 0 aliphatic heterocycles. The lowest BCUT2D eigenvalue weighted by molar-refractivity contribution is 0.816. The van der Waals surface area contributed by atoms with Crippen molar-refractivity contribution in [2.24, 2.45) is 5.73 Å². The monoisotopic (exact) mass is 262 g/mol. The molecule has 2 N–H and O–H groups in total. The molecule has 0 spiro atoms. The second-order valence-electron chi connectivity index (χ2n) is 2.31. The molecule has 6 heteroatoms. The van der Waals surface area contributed by atoms with Crippen molar-refractivity contribution in [3.05, 3.63) is 28.0 Å². The molecule has 0 bridgehead atoms. The Morgan fingerprint density at radius 3 is 1.85 bits per heavy atom. The number of aromatic nitrogens is 1. The average molecular weight is 264 g/mol. The molecule has 0 unspecified atom stereocenters. The maximum atomic E-state index is 5.80. The first-order valence-electron chi connectivity index (χ1n) is 3.17. The second kappa shape index (κ2) is 6.68. The van der Waals surface area contributed by atoms with Crippen LogP contribution in [-0.4, -0.2) is 4.98 Å². The average Bonchev–Trinajstić information content (AvgIpc) is 1.85. The van der Waals surface area contributed by atoms with Gasteiger partial charge >= 0.3 is 0 Å². The molecule has 1 rings (SSSR count). The number of hydrogen-bond acceptors (Lipinski definition) is 2. The Morgan fingerprint density at radius 1 is 1.23 bits per heavy atom. The fourth-order valence-corrected chi connectivity index (χ4v) is 1.57. The minimum atomic E-state index is -0.155. The van der Waals surface area contributed by atoms with Gasteiger partial charge in [-0.25, -0.2) is 0 Å². The van der Waals surface area contributed by atoms with Crippen LogP contribution in [-0.2, 0) is 0 Å². The lowest BCUT2D eigenvalue weighted by atomic mass is 10.1. The molecule has 76 valence electrons. The van der Waals surface area contributed by atoms with Gasteiger partial charge in [0, 0.05) is 24.0 Å². The maximum Gasteiger partial charge on any atom is 0.0651 e. The van der Waals surface area contributed by atoms with Crippen molar-refractivity contribution in [3.63, 3.8) is 0 Å². The molecule has 0 saturated carbocycles. The van der Waals surface area contributed by atoms with Gasteiger partial charge in [0.2, 0.25) is 0 Å². The van der Waals surface area contributed by atoms with E-state index in [1.807, 2.05) is 6.92 Å². The van der Waals surface area contributed by atoms with Crippen molar-refractivity contribution in [3.8, 4) is 0 Å². The quantitative estimate of drug-likeness (QED) is 0.845. The highest BCUT2D eigenvalue weighted by Gasteiger charge is 2.09. The van der Waals surface area contributed by atoms with Crippen LogP contribution in [0, 0.1) is 0 Å². The SMILES string of the molecule is C[C@@H](N)c1c(Cl)cncc1Cl.Cl.Cl. The van der Waals surface area contributed by atoms with Crippen LogP contribution in [0.2, 0.25) is 10.0 Å². The Bertz CT molecular complexity index is 244. The number of rotatable bonds is 1. The van der Waals surface area contributed by atoms with Gasteiger partial charge in [-0.3, -0.25) is 4.98 Å². The summed E-state index contributed by atoms with van der Waals surface area (Å²) in [5, 5.41) is 1.04. The van der Waals surface area contributed by atoms with E-state index in [0.717, 1.165) is 5.56 Å². The molecule has 1 aromatic heterocycles. The summed E-state index contributed by atoms with van der Waals surface area (Å²) in [7, 11) is 0. The van der Waals surface area contributed by atoms with E-state index >= 15 is 0 Å².